The summed E-state index contributed by atoms with van der Waals surface area (Å²) in [6, 6.07) is 7.18. The molecule has 0 saturated carbocycles. The molecule has 0 saturated heterocycles. The highest BCUT2D eigenvalue weighted by molar-refractivity contribution is 9.10. The van der Waals surface area contributed by atoms with Gasteiger partial charge < -0.3 is 26.2 Å². The molecule has 32 heavy (non-hydrogen) atoms. The van der Waals surface area contributed by atoms with E-state index < -0.39 is 24.1 Å². The SMILES string of the molecule is Nc1nc2cc(CCC3=CC(n4cc(F)c5c(N)ncnc54)[C@@H](O)C3O)ccc2cc1Br. The Balaban J connectivity index is 1.41. The predicted octanol–water partition coefficient (Wildman–Crippen LogP) is 2.88. The molecule has 1 aliphatic rings. The lowest BCUT2D eigenvalue weighted by molar-refractivity contribution is 0.0316. The number of aromatic nitrogens is 4. The van der Waals surface area contributed by atoms with Crippen LogP contribution in [0.15, 0.2) is 52.9 Å². The number of pyridine rings is 1. The van der Waals surface area contributed by atoms with Crippen molar-refractivity contribution in [2.45, 2.75) is 31.1 Å². The van der Waals surface area contributed by atoms with Crippen molar-refractivity contribution in [2.75, 3.05) is 11.5 Å². The van der Waals surface area contributed by atoms with Crippen molar-refractivity contribution in [2.24, 2.45) is 0 Å². The predicted molar refractivity (Wildman–Crippen MR) is 123 cm³/mol. The average Bonchev–Trinajstić information content (AvgIpc) is 3.25. The van der Waals surface area contributed by atoms with E-state index in [-0.39, 0.29) is 16.9 Å². The van der Waals surface area contributed by atoms with Gasteiger partial charge in [0, 0.05) is 11.6 Å². The molecule has 4 aromatic rings. The van der Waals surface area contributed by atoms with Crippen molar-refractivity contribution < 1.29 is 14.6 Å². The second-order valence-electron chi connectivity index (χ2n) is 7.89. The smallest absolute Gasteiger partial charge is 0.154 e. The molecule has 2 unspecified atom stereocenters. The summed E-state index contributed by atoms with van der Waals surface area (Å²) < 4.78 is 16.7. The molecule has 8 nitrogen and oxygen atoms in total. The fourth-order valence-corrected chi connectivity index (χ4v) is 4.57. The molecule has 0 amide bonds. The van der Waals surface area contributed by atoms with Crippen LogP contribution in [-0.2, 0) is 6.42 Å². The Morgan fingerprint density at radius 3 is 2.72 bits per heavy atom. The molecule has 5 rings (SSSR count). The number of benzene rings is 1. The quantitative estimate of drug-likeness (QED) is 0.317. The van der Waals surface area contributed by atoms with Crippen LogP contribution in [0.1, 0.15) is 18.0 Å². The molecule has 3 aromatic heterocycles. The first-order valence-corrected chi connectivity index (χ1v) is 10.8. The maximum atomic E-state index is 14.4. The Labute approximate surface area is 190 Å². The maximum absolute atomic E-state index is 14.4. The van der Waals surface area contributed by atoms with Crippen LogP contribution in [0, 0.1) is 5.82 Å². The molecular formula is C22H20BrFN6O2. The van der Waals surface area contributed by atoms with Gasteiger partial charge in [-0.1, -0.05) is 18.2 Å². The molecule has 0 spiro atoms. The summed E-state index contributed by atoms with van der Waals surface area (Å²) in [5, 5.41) is 22.4. The summed E-state index contributed by atoms with van der Waals surface area (Å²) in [5.74, 6) is -0.123. The summed E-state index contributed by atoms with van der Waals surface area (Å²) in [5.41, 5.74) is 14.4. The van der Waals surface area contributed by atoms with Crippen molar-refractivity contribution in [3.8, 4) is 0 Å². The summed E-state index contributed by atoms with van der Waals surface area (Å²) in [6.07, 6.45) is 3.19. The third kappa shape index (κ3) is 3.40. The van der Waals surface area contributed by atoms with Gasteiger partial charge in [-0.2, -0.15) is 0 Å². The van der Waals surface area contributed by atoms with E-state index in [4.69, 9.17) is 11.5 Å². The molecule has 1 aliphatic carbocycles. The number of aliphatic hydroxyl groups is 2. The number of halogens is 2. The summed E-state index contributed by atoms with van der Waals surface area (Å²) >= 11 is 3.38. The van der Waals surface area contributed by atoms with Crippen LogP contribution in [0.5, 0.6) is 0 Å². The highest BCUT2D eigenvalue weighted by Crippen LogP contribution is 2.35. The van der Waals surface area contributed by atoms with Crippen LogP contribution in [0.4, 0.5) is 16.0 Å². The maximum Gasteiger partial charge on any atom is 0.154 e. The van der Waals surface area contributed by atoms with E-state index in [0.717, 1.165) is 20.9 Å². The van der Waals surface area contributed by atoms with Gasteiger partial charge in [0.1, 0.15) is 35.8 Å². The zero-order valence-electron chi connectivity index (χ0n) is 16.8. The van der Waals surface area contributed by atoms with Gasteiger partial charge in [-0.3, -0.25) is 0 Å². The van der Waals surface area contributed by atoms with Gasteiger partial charge >= 0.3 is 0 Å². The molecule has 0 aliphatic heterocycles. The number of anilines is 2. The molecular weight excluding hydrogens is 479 g/mol. The van der Waals surface area contributed by atoms with Gasteiger partial charge in [0.15, 0.2) is 5.82 Å². The fourth-order valence-electron chi connectivity index (χ4n) is 4.23. The normalized spacial score (nSPS) is 20.9. The van der Waals surface area contributed by atoms with Crippen molar-refractivity contribution >= 4 is 49.5 Å². The number of hydrogen-bond acceptors (Lipinski definition) is 7. The van der Waals surface area contributed by atoms with E-state index in [2.05, 4.69) is 30.9 Å². The monoisotopic (exact) mass is 498 g/mol. The largest absolute Gasteiger partial charge is 0.388 e. The molecule has 3 atom stereocenters. The minimum absolute atomic E-state index is 0.0288. The molecule has 10 heteroatoms. The van der Waals surface area contributed by atoms with E-state index in [0.29, 0.717) is 24.2 Å². The van der Waals surface area contributed by atoms with E-state index in [1.54, 1.807) is 6.08 Å². The fraction of sp³-hybridized carbons (Fsp3) is 0.227. The number of nitrogens with two attached hydrogens (primary N) is 2. The van der Waals surface area contributed by atoms with E-state index >= 15 is 0 Å². The second-order valence-corrected chi connectivity index (χ2v) is 8.75. The van der Waals surface area contributed by atoms with Crippen molar-refractivity contribution in [1.29, 1.82) is 0 Å². The lowest BCUT2D eigenvalue weighted by Crippen LogP contribution is -2.29. The average molecular weight is 499 g/mol. The topological polar surface area (TPSA) is 136 Å². The van der Waals surface area contributed by atoms with Crippen molar-refractivity contribution in [3.05, 3.63) is 64.3 Å². The van der Waals surface area contributed by atoms with Gasteiger partial charge in [-0.15, -0.1) is 0 Å². The zero-order valence-corrected chi connectivity index (χ0v) is 18.4. The highest BCUT2D eigenvalue weighted by Gasteiger charge is 2.36. The number of aliphatic hydroxyl groups excluding tert-OH is 2. The molecule has 0 radical (unpaired) electrons. The molecule has 6 N–H and O–H groups in total. The minimum atomic E-state index is -1.13. The third-order valence-corrected chi connectivity index (χ3v) is 6.55. The van der Waals surface area contributed by atoms with Gasteiger partial charge in [0.2, 0.25) is 0 Å². The lowest BCUT2D eigenvalue weighted by Gasteiger charge is -2.19. The van der Waals surface area contributed by atoms with E-state index in [9.17, 15) is 14.6 Å². The standard InChI is InChI=1S/C22H20BrFN6O2/c23-13-6-11-3-1-10(5-15(11)29-20(13)25)2-4-12-7-16(19(32)18(12)31)30-8-14(24)17-21(26)27-9-28-22(17)30/h1,3,5-9,16,18-19,31-32H,2,4H2,(H2,25,29)(H2,26,27,28)/t16?,18?,19-/m1/s1. The number of nitrogens with zero attached hydrogens (tertiary/aromatic N) is 4. The van der Waals surface area contributed by atoms with Crippen molar-refractivity contribution in [1.82, 2.24) is 19.5 Å². The Morgan fingerprint density at radius 2 is 1.91 bits per heavy atom. The van der Waals surface area contributed by atoms with Crippen LogP contribution in [-0.4, -0.2) is 41.9 Å². The molecule has 1 aromatic carbocycles. The summed E-state index contributed by atoms with van der Waals surface area (Å²) in [6.45, 7) is 0. The summed E-state index contributed by atoms with van der Waals surface area (Å²) in [4.78, 5) is 12.3. The third-order valence-electron chi connectivity index (χ3n) is 5.92. The van der Waals surface area contributed by atoms with Gasteiger partial charge in [-0.25, -0.2) is 19.3 Å². The first-order valence-electron chi connectivity index (χ1n) is 10.0. The highest BCUT2D eigenvalue weighted by atomic mass is 79.9. The Hall–Kier alpha value is -3.08. The van der Waals surface area contributed by atoms with E-state index in [1.165, 1.54) is 17.1 Å². The Bertz CT molecular complexity index is 1390. The number of fused-ring (bicyclic) bond motifs is 2. The number of rotatable bonds is 4. The van der Waals surface area contributed by atoms with Crippen molar-refractivity contribution in [3.63, 3.8) is 0 Å². The lowest BCUT2D eigenvalue weighted by atomic mass is 10.0. The Kier molecular flexibility index (Phi) is 5.07. The molecule has 0 bridgehead atoms. The number of aryl methyl sites for hydroxylation is 1. The second kappa shape index (κ2) is 7.80. The van der Waals surface area contributed by atoms with Crippen LogP contribution in [0.2, 0.25) is 0 Å². The van der Waals surface area contributed by atoms with Crippen LogP contribution >= 0.6 is 15.9 Å². The molecule has 0 fully saturated rings. The van der Waals surface area contributed by atoms with Gasteiger partial charge in [0.05, 0.1) is 21.4 Å². The van der Waals surface area contributed by atoms with Gasteiger partial charge in [0.25, 0.3) is 0 Å². The zero-order chi connectivity index (χ0) is 22.6. The van der Waals surface area contributed by atoms with Crippen LogP contribution in [0.3, 0.4) is 0 Å². The van der Waals surface area contributed by atoms with E-state index in [1.807, 2.05) is 24.3 Å². The Morgan fingerprint density at radius 1 is 1.09 bits per heavy atom. The number of hydrogen-bond donors (Lipinski definition) is 4. The van der Waals surface area contributed by atoms with Crippen LogP contribution in [0.25, 0.3) is 21.9 Å². The molecule has 3 heterocycles. The van der Waals surface area contributed by atoms with Crippen LogP contribution < -0.4 is 11.5 Å². The first kappa shape index (κ1) is 20.8. The molecule has 164 valence electrons. The first-order chi connectivity index (χ1) is 15.3. The van der Waals surface area contributed by atoms with Gasteiger partial charge in [-0.05, 0) is 52.0 Å². The minimum Gasteiger partial charge on any atom is -0.388 e. The summed E-state index contributed by atoms with van der Waals surface area (Å²) in [7, 11) is 0. The number of nitrogen functional groups attached to an aromatic ring is 2.